The molecule has 2 N–H and O–H groups in total. The summed E-state index contributed by atoms with van der Waals surface area (Å²) >= 11 is 0. The Kier molecular flexibility index (Phi) is 8.65. The zero-order chi connectivity index (χ0) is 36.9. The van der Waals surface area contributed by atoms with Crippen LogP contribution in [0.25, 0.3) is 0 Å². The molecule has 4 saturated heterocycles. The predicted octanol–water partition coefficient (Wildman–Crippen LogP) is 5.49. The van der Waals surface area contributed by atoms with Crippen LogP contribution in [-0.2, 0) is 23.7 Å². The summed E-state index contributed by atoms with van der Waals surface area (Å²) in [5, 5.41) is 23.8. The van der Waals surface area contributed by atoms with Crippen molar-refractivity contribution in [1.29, 1.82) is 0 Å². The van der Waals surface area contributed by atoms with Gasteiger partial charge in [0.05, 0.1) is 62.4 Å². The molecular formula is C43H72N2O7. The first-order chi connectivity index (χ1) is 24.4. The summed E-state index contributed by atoms with van der Waals surface area (Å²) in [7, 11) is 0. The van der Waals surface area contributed by atoms with E-state index in [2.05, 4.69) is 51.3 Å². The van der Waals surface area contributed by atoms with Gasteiger partial charge in [0.15, 0.2) is 6.29 Å². The van der Waals surface area contributed by atoms with Crippen molar-refractivity contribution in [2.24, 2.45) is 50.7 Å². The highest BCUT2D eigenvalue weighted by Gasteiger charge is 2.84. The van der Waals surface area contributed by atoms with Gasteiger partial charge in [0.2, 0.25) is 0 Å². The maximum absolute atomic E-state index is 12.7. The maximum Gasteiger partial charge on any atom is 0.170 e. The minimum atomic E-state index is -1.01. The average Bonchev–Trinajstić information content (AvgIpc) is 3.67. The third-order valence-electron chi connectivity index (χ3n) is 18.5. The lowest BCUT2D eigenvalue weighted by atomic mass is 9.41. The van der Waals surface area contributed by atoms with Crippen LogP contribution in [0.4, 0.5) is 0 Å². The Morgan fingerprint density at radius 2 is 1.67 bits per heavy atom. The monoisotopic (exact) mass is 729 g/mol. The van der Waals surface area contributed by atoms with E-state index in [0.717, 1.165) is 58.8 Å². The molecule has 0 aromatic heterocycles. The first-order valence-electron chi connectivity index (χ1n) is 21.5. The van der Waals surface area contributed by atoms with Crippen LogP contribution in [-0.4, -0.2) is 127 Å². The van der Waals surface area contributed by atoms with Gasteiger partial charge in [0.1, 0.15) is 6.10 Å². The fraction of sp³-hybridized carbons (Fsp3) is 1.00. The van der Waals surface area contributed by atoms with Crippen LogP contribution in [0, 0.1) is 50.7 Å². The highest BCUT2D eigenvalue weighted by molar-refractivity contribution is 5.33. The molecule has 5 saturated carbocycles. The lowest BCUT2D eigenvalue weighted by Crippen LogP contribution is -2.74. The highest BCUT2D eigenvalue weighted by atomic mass is 16.7. The van der Waals surface area contributed by atoms with Crippen molar-refractivity contribution in [3.05, 3.63) is 0 Å². The largest absolute Gasteiger partial charge is 0.390 e. The summed E-state index contributed by atoms with van der Waals surface area (Å²) in [6.45, 7) is 27.6. The number of nitrogens with zero attached hydrogens (tertiary/aromatic N) is 2. The number of likely N-dealkylation sites (tertiary alicyclic amines) is 1. The van der Waals surface area contributed by atoms with Crippen molar-refractivity contribution in [2.75, 3.05) is 52.6 Å². The van der Waals surface area contributed by atoms with Gasteiger partial charge >= 0.3 is 0 Å². The molecule has 52 heavy (non-hydrogen) atoms. The summed E-state index contributed by atoms with van der Waals surface area (Å²) in [4.78, 5) is 5.24. The van der Waals surface area contributed by atoms with Gasteiger partial charge in [-0.15, -0.1) is 0 Å². The first kappa shape index (κ1) is 37.2. The fourth-order valence-corrected chi connectivity index (χ4v) is 15.8. The molecule has 0 radical (unpaired) electrons. The molecule has 0 aromatic rings. The number of rotatable bonds is 8. The van der Waals surface area contributed by atoms with Gasteiger partial charge < -0.3 is 33.9 Å². The Labute approximate surface area is 314 Å². The molecule has 5 unspecified atom stereocenters. The van der Waals surface area contributed by atoms with Crippen molar-refractivity contribution in [1.82, 2.24) is 9.80 Å². The number of hydrogen-bond acceptors (Lipinski definition) is 9. The van der Waals surface area contributed by atoms with E-state index in [4.69, 9.17) is 23.7 Å². The topological polar surface area (TPSA) is 93.1 Å². The van der Waals surface area contributed by atoms with Gasteiger partial charge in [0.25, 0.3) is 0 Å². The summed E-state index contributed by atoms with van der Waals surface area (Å²) in [5.74, 6) is 1.83. The SMILES string of the molecule is CCO[C@@H](C1C[C@@H](C)[C@H]2C(O1)[C@H](O)[C@@]1(C)C3CC[C@H]4C(C)(C)[C@@H](O[C@H]5CN(C6(C)CN(C7COC7)C6)CCO5)CCC45CC35CC[C@]21C)C(C)(C)O. The van der Waals surface area contributed by atoms with E-state index in [-0.39, 0.29) is 46.4 Å². The molecule has 0 aromatic carbocycles. The molecule has 5 aliphatic carbocycles. The summed E-state index contributed by atoms with van der Waals surface area (Å²) in [6.07, 6.45) is 8.04. The van der Waals surface area contributed by atoms with Crippen LogP contribution in [0.2, 0.25) is 0 Å². The lowest BCUT2D eigenvalue weighted by molar-refractivity contribution is -0.261. The first-order valence-corrected chi connectivity index (χ1v) is 21.5. The number of hydrogen-bond donors (Lipinski definition) is 2. The van der Waals surface area contributed by atoms with Crippen molar-refractivity contribution in [2.45, 2.75) is 168 Å². The minimum absolute atomic E-state index is 0.0175. The Bertz CT molecular complexity index is 1380. The van der Waals surface area contributed by atoms with Crippen LogP contribution < -0.4 is 0 Å². The Hall–Kier alpha value is -0.360. The highest BCUT2D eigenvalue weighted by Crippen LogP contribution is 2.89. The molecule has 0 bridgehead atoms. The van der Waals surface area contributed by atoms with E-state index in [1.165, 1.54) is 38.5 Å². The lowest BCUT2D eigenvalue weighted by Gasteiger charge is -2.64. The molecule has 9 fully saturated rings. The average molecular weight is 729 g/mol. The number of aliphatic hydroxyl groups excluding tert-OH is 1. The summed E-state index contributed by atoms with van der Waals surface area (Å²) < 4.78 is 32.1. The molecule has 9 heteroatoms. The maximum atomic E-state index is 12.7. The summed E-state index contributed by atoms with van der Waals surface area (Å²) in [6, 6.07) is 0.612. The van der Waals surface area contributed by atoms with Gasteiger partial charge in [-0.05, 0) is 124 Å². The van der Waals surface area contributed by atoms with Gasteiger partial charge in [-0.3, -0.25) is 9.80 Å². The molecule has 2 spiro atoms. The quantitative estimate of drug-likeness (QED) is 0.337. The van der Waals surface area contributed by atoms with Crippen molar-refractivity contribution >= 4 is 0 Å². The molecular weight excluding hydrogens is 656 g/mol. The van der Waals surface area contributed by atoms with Crippen molar-refractivity contribution < 1.29 is 33.9 Å². The van der Waals surface area contributed by atoms with E-state index in [9.17, 15) is 10.2 Å². The second-order valence-corrected chi connectivity index (χ2v) is 21.5. The number of ether oxygens (including phenoxy) is 5. The smallest absolute Gasteiger partial charge is 0.170 e. The normalized spacial score (nSPS) is 51.9. The van der Waals surface area contributed by atoms with Crippen LogP contribution in [0.1, 0.15) is 114 Å². The zero-order valence-corrected chi connectivity index (χ0v) is 34.0. The Morgan fingerprint density at radius 3 is 2.35 bits per heavy atom. The Balaban J connectivity index is 0.909. The van der Waals surface area contributed by atoms with E-state index >= 15 is 0 Å². The van der Waals surface area contributed by atoms with Crippen LogP contribution in [0.5, 0.6) is 0 Å². The van der Waals surface area contributed by atoms with E-state index in [0.29, 0.717) is 47.2 Å². The number of fused-ring (bicyclic) bond motifs is 4. The summed E-state index contributed by atoms with van der Waals surface area (Å²) in [5.41, 5.74) is -0.281. The molecule has 9 aliphatic rings. The number of aliphatic hydroxyl groups is 2. The second-order valence-electron chi connectivity index (χ2n) is 21.5. The van der Waals surface area contributed by atoms with Gasteiger partial charge in [0, 0.05) is 37.2 Å². The van der Waals surface area contributed by atoms with Crippen LogP contribution in [0.15, 0.2) is 0 Å². The van der Waals surface area contributed by atoms with Gasteiger partial charge in [-0.1, -0.05) is 34.6 Å². The zero-order valence-electron chi connectivity index (χ0n) is 34.0. The van der Waals surface area contributed by atoms with Crippen LogP contribution >= 0.6 is 0 Å². The standard InChI is InChI=1S/C43H72N2O7/c1-10-49-36(38(5,6)47)28-19-26(2)33-34(51-28)35(46)41(9)30-12-11-29-37(3,4)31(13-14-42(29)23-43(30,42)16-15-40(33,41)8)52-32-20-45(17-18-50-32)39(7)24-44(25-39)27-21-48-22-27/h26-36,46-47H,10-25H2,1-9H3/t26-,28?,29+,30?,31+,32+,33+,34?,35+,36+,40-,41-,42?,43?/m1/s1. The molecule has 4 aliphatic heterocycles. The van der Waals surface area contributed by atoms with Gasteiger partial charge in [-0.25, -0.2) is 0 Å². The molecule has 9 nitrogen and oxygen atoms in total. The minimum Gasteiger partial charge on any atom is -0.390 e. The van der Waals surface area contributed by atoms with Crippen molar-refractivity contribution in [3.63, 3.8) is 0 Å². The van der Waals surface area contributed by atoms with Crippen molar-refractivity contribution in [3.8, 4) is 0 Å². The Morgan fingerprint density at radius 1 is 0.962 bits per heavy atom. The molecule has 9 rings (SSSR count). The van der Waals surface area contributed by atoms with E-state index < -0.39 is 17.8 Å². The molecule has 4 heterocycles. The van der Waals surface area contributed by atoms with E-state index in [1.54, 1.807) is 0 Å². The predicted molar refractivity (Wildman–Crippen MR) is 199 cm³/mol. The second kappa shape index (κ2) is 12.1. The third kappa shape index (κ3) is 4.91. The molecule has 0 amide bonds. The van der Waals surface area contributed by atoms with Gasteiger partial charge in [-0.2, -0.15) is 0 Å². The third-order valence-corrected chi connectivity index (χ3v) is 18.5. The molecule has 296 valence electrons. The van der Waals surface area contributed by atoms with Crippen LogP contribution in [0.3, 0.4) is 0 Å². The molecule has 14 atom stereocenters. The number of morpholine rings is 1. The fourth-order valence-electron chi connectivity index (χ4n) is 15.8. The van der Waals surface area contributed by atoms with E-state index in [1.807, 2.05) is 20.8 Å².